The van der Waals surface area contributed by atoms with Crippen molar-refractivity contribution in [1.29, 1.82) is 0 Å². The van der Waals surface area contributed by atoms with E-state index in [-0.39, 0.29) is 29.6 Å². The Bertz CT molecular complexity index is 711. The van der Waals surface area contributed by atoms with Crippen LogP contribution in [-0.4, -0.2) is 38.3 Å². The number of rotatable bonds is 5. The highest BCUT2D eigenvalue weighted by Gasteiger charge is 2.29. The monoisotopic (exact) mass is 453 g/mol. The maximum absolute atomic E-state index is 5.80. The van der Waals surface area contributed by atoms with Crippen LogP contribution in [0, 0.1) is 0 Å². The molecule has 0 aliphatic carbocycles. The van der Waals surface area contributed by atoms with Crippen LogP contribution in [0.25, 0.3) is 10.8 Å². The fraction of sp³-hybridized carbons (Fsp3) is 0.450. The lowest BCUT2D eigenvalue weighted by Gasteiger charge is -2.24. The quantitative estimate of drug-likeness (QED) is 0.412. The molecule has 5 heteroatoms. The SMILES string of the molecule is CN=C(NCCc1ccc2ccccc2c1)NCC1(C)CCCO1.I. The molecular weight excluding hydrogens is 425 g/mol. The summed E-state index contributed by atoms with van der Waals surface area (Å²) in [7, 11) is 1.81. The van der Waals surface area contributed by atoms with Crippen molar-refractivity contribution >= 4 is 40.7 Å². The van der Waals surface area contributed by atoms with Gasteiger partial charge in [-0.05, 0) is 42.5 Å². The second kappa shape index (κ2) is 9.38. The van der Waals surface area contributed by atoms with E-state index in [2.05, 4.69) is 65.0 Å². The third-order valence-electron chi connectivity index (χ3n) is 4.67. The van der Waals surface area contributed by atoms with Gasteiger partial charge in [0.15, 0.2) is 5.96 Å². The first-order valence-corrected chi connectivity index (χ1v) is 8.75. The Hall–Kier alpha value is -1.34. The van der Waals surface area contributed by atoms with Crippen molar-refractivity contribution in [2.24, 2.45) is 4.99 Å². The number of hydrogen-bond donors (Lipinski definition) is 2. The van der Waals surface area contributed by atoms with E-state index in [0.29, 0.717) is 0 Å². The van der Waals surface area contributed by atoms with E-state index >= 15 is 0 Å². The number of benzene rings is 2. The van der Waals surface area contributed by atoms with Crippen molar-refractivity contribution in [1.82, 2.24) is 10.6 Å². The first kappa shape index (κ1) is 20.0. The molecule has 0 bridgehead atoms. The van der Waals surface area contributed by atoms with Crippen molar-refractivity contribution in [3.05, 3.63) is 48.0 Å². The summed E-state index contributed by atoms with van der Waals surface area (Å²) >= 11 is 0. The van der Waals surface area contributed by atoms with Crippen molar-refractivity contribution in [3.8, 4) is 0 Å². The lowest BCUT2D eigenvalue weighted by molar-refractivity contribution is 0.0243. The summed E-state index contributed by atoms with van der Waals surface area (Å²) in [5.74, 6) is 0.840. The van der Waals surface area contributed by atoms with Crippen LogP contribution in [0.1, 0.15) is 25.3 Å². The van der Waals surface area contributed by atoms with Crippen LogP contribution in [-0.2, 0) is 11.2 Å². The normalized spacial score (nSPS) is 20.3. The largest absolute Gasteiger partial charge is 0.373 e. The highest BCUT2D eigenvalue weighted by atomic mass is 127. The number of hydrogen-bond acceptors (Lipinski definition) is 2. The summed E-state index contributed by atoms with van der Waals surface area (Å²) in [5.41, 5.74) is 1.28. The molecule has 3 rings (SSSR count). The van der Waals surface area contributed by atoms with Gasteiger partial charge in [0.05, 0.1) is 5.60 Å². The molecule has 4 nitrogen and oxygen atoms in total. The van der Waals surface area contributed by atoms with Crippen LogP contribution in [0.4, 0.5) is 0 Å². The van der Waals surface area contributed by atoms with E-state index in [1.807, 2.05) is 7.05 Å². The number of nitrogens with zero attached hydrogens (tertiary/aromatic N) is 1. The average Bonchev–Trinajstić information content (AvgIpc) is 3.04. The second-order valence-corrected chi connectivity index (χ2v) is 6.69. The molecule has 0 amide bonds. The predicted octanol–water partition coefficient (Wildman–Crippen LogP) is 3.73. The third-order valence-corrected chi connectivity index (χ3v) is 4.67. The van der Waals surface area contributed by atoms with Crippen molar-refractivity contribution in [2.45, 2.75) is 31.8 Å². The Morgan fingerprint density at radius 1 is 1.16 bits per heavy atom. The summed E-state index contributed by atoms with van der Waals surface area (Å²) < 4.78 is 5.80. The number of ether oxygens (including phenoxy) is 1. The topological polar surface area (TPSA) is 45.7 Å². The smallest absolute Gasteiger partial charge is 0.191 e. The van der Waals surface area contributed by atoms with Gasteiger partial charge in [-0.15, -0.1) is 24.0 Å². The van der Waals surface area contributed by atoms with E-state index < -0.39 is 0 Å². The van der Waals surface area contributed by atoms with E-state index in [4.69, 9.17) is 4.74 Å². The molecule has 1 aliphatic heterocycles. The zero-order valence-electron chi connectivity index (χ0n) is 15.0. The van der Waals surface area contributed by atoms with Crippen LogP contribution in [0.3, 0.4) is 0 Å². The molecule has 0 aromatic heterocycles. The molecule has 0 saturated carbocycles. The Kier molecular flexibility index (Phi) is 7.50. The molecule has 1 heterocycles. The summed E-state index contributed by atoms with van der Waals surface area (Å²) in [4.78, 5) is 4.30. The zero-order chi connectivity index (χ0) is 16.8. The Morgan fingerprint density at radius 3 is 2.68 bits per heavy atom. The van der Waals surface area contributed by atoms with Gasteiger partial charge in [0.2, 0.25) is 0 Å². The maximum Gasteiger partial charge on any atom is 0.191 e. The molecule has 1 atom stereocenters. The molecule has 1 fully saturated rings. The minimum absolute atomic E-state index is 0. The highest BCUT2D eigenvalue weighted by molar-refractivity contribution is 14.0. The van der Waals surface area contributed by atoms with Gasteiger partial charge >= 0.3 is 0 Å². The lowest BCUT2D eigenvalue weighted by Crippen LogP contribution is -2.45. The first-order valence-electron chi connectivity index (χ1n) is 8.75. The van der Waals surface area contributed by atoms with E-state index in [1.54, 1.807) is 0 Å². The van der Waals surface area contributed by atoms with Crippen LogP contribution in [0.5, 0.6) is 0 Å². The predicted molar refractivity (Wildman–Crippen MR) is 116 cm³/mol. The van der Waals surface area contributed by atoms with E-state index in [9.17, 15) is 0 Å². The lowest BCUT2D eigenvalue weighted by atomic mass is 10.0. The molecular formula is C20H28IN3O. The van der Waals surface area contributed by atoms with E-state index in [0.717, 1.165) is 44.9 Å². The van der Waals surface area contributed by atoms with Gasteiger partial charge in [-0.3, -0.25) is 4.99 Å². The Morgan fingerprint density at radius 2 is 1.96 bits per heavy atom. The zero-order valence-corrected chi connectivity index (χ0v) is 17.4. The summed E-state index contributed by atoms with van der Waals surface area (Å²) in [6.45, 7) is 4.68. The molecule has 0 spiro atoms. The first-order chi connectivity index (χ1) is 11.7. The summed E-state index contributed by atoms with van der Waals surface area (Å²) in [5, 5.41) is 9.36. The second-order valence-electron chi connectivity index (χ2n) is 6.69. The van der Waals surface area contributed by atoms with Gasteiger partial charge in [-0.1, -0.05) is 42.5 Å². The van der Waals surface area contributed by atoms with Gasteiger partial charge < -0.3 is 15.4 Å². The van der Waals surface area contributed by atoms with Crippen molar-refractivity contribution in [3.63, 3.8) is 0 Å². The molecule has 1 saturated heterocycles. The fourth-order valence-electron chi connectivity index (χ4n) is 3.19. The van der Waals surface area contributed by atoms with Crippen LogP contribution >= 0.6 is 24.0 Å². The van der Waals surface area contributed by atoms with Crippen molar-refractivity contribution < 1.29 is 4.74 Å². The average molecular weight is 453 g/mol. The maximum atomic E-state index is 5.80. The molecule has 2 aromatic rings. The van der Waals surface area contributed by atoms with Crippen LogP contribution in [0.2, 0.25) is 0 Å². The standard InChI is InChI=1S/C20H27N3O.HI/c1-20(11-5-13-24-20)15-23-19(21-2)22-12-10-16-8-9-17-6-3-4-7-18(17)14-16;/h3-4,6-9,14H,5,10-13,15H2,1-2H3,(H2,21,22,23);1H. The minimum atomic E-state index is -0.0596. The molecule has 0 radical (unpaired) electrons. The Balaban J connectivity index is 0.00000225. The van der Waals surface area contributed by atoms with Gasteiger partial charge in [0, 0.05) is 26.7 Å². The van der Waals surface area contributed by atoms with Crippen LogP contribution in [0.15, 0.2) is 47.5 Å². The molecule has 1 aliphatic rings. The van der Waals surface area contributed by atoms with Gasteiger partial charge in [-0.2, -0.15) is 0 Å². The minimum Gasteiger partial charge on any atom is -0.373 e. The highest BCUT2D eigenvalue weighted by Crippen LogP contribution is 2.23. The summed E-state index contributed by atoms with van der Waals surface area (Å²) in [6, 6.07) is 15.1. The van der Waals surface area contributed by atoms with Gasteiger partial charge in [0.1, 0.15) is 0 Å². The van der Waals surface area contributed by atoms with Crippen molar-refractivity contribution in [2.75, 3.05) is 26.7 Å². The van der Waals surface area contributed by atoms with Crippen LogP contribution < -0.4 is 10.6 Å². The van der Waals surface area contributed by atoms with E-state index in [1.165, 1.54) is 16.3 Å². The molecule has 1 unspecified atom stereocenters. The van der Waals surface area contributed by atoms with Gasteiger partial charge in [0.25, 0.3) is 0 Å². The molecule has 136 valence electrons. The fourth-order valence-corrected chi connectivity index (χ4v) is 3.19. The molecule has 25 heavy (non-hydrogen) atoms. The number of aliphatic imine (C=N–C) groups is 1. The summed E-state index contributed by atoms with van der Waals surface area (Å²) in [6.07, 6.45) is 3.22. The third kappa shape index (κ3) is 5.57. The Labute approximate surface area is 167 Å². The number of fused-ring (bicyclic) bond motifs is 1. The molecule has 2 N–H and O–H groups in total. The number of guanidine groups is 1. The number of halogens is 1. The number of nitrogens with one attached hydrogen (secondary N) is 2. The van der Waals surface area contributed by atoms with Gasteiger partial charge in [-0.25, -0.2) is 0 Å². The molecule has 2 aromatic carbocycles.